The Bertz CT molecular complexity index is 1860. The van der Waals surface area contributed by atoms with Gasteiger partial charge in [0.1, 0.15) is 34.4 Å². The van der Waals surface area contributed by atoms with Crippen LogP contribution in [0.15, 0.2) is 48.5 Å². The summed E-state index contributed by atoms with van der Waals surface area (Å²) in [6.07, 6.45) is 1.73. The number of aryl methyl sites for hydroxylation is 1. The van der Waals surface area contributed by atoms with Gasteiger partial charge in [0.05, 0.1) is 23.9 Å². The number of benzene rings is 2. The van der Waals surface area contributed by atoms with Gasteiger partial charge >= 0.3 is 6.09 Å². The van der Waals surface area contributed by atoms with Gasteiger partial charge < -0.3 is 24.0 Å². The maximum Gasteiger partial charge on any atom is 0.410 e. The van der Waals surface area contributed by atoms with E-state index in [-0.39, 0.29) is 41.9 Å². The molecule has 47 heavy (non-hydrogen) atoms. The number of amides is 2. The molecule has 6 rings (SSSR count). The third-order valence-electron chi connectivity index (χ3n) is 8.64. The van der Waals surface area contributed by atoms with Crippen LogP contribution >= 0.6 is 23.2 Å². The molecular formula is C35H37Cl2FN4O5. The van der Waals surface area contributed by atoms with Gasteiger partial charge in [0.2, 0.25) is 0 Å². The van der Waals surface area contributed by atoms with E-state index in [1.165, 1.54) is 13.2 Å². The van der Waals surface area contributed by atoms with Crippen molar-refractivity contribution < 1.29 is 28.2 Å². The van der Waals surface area contributed by atoms with Gasteiger partial charge in [-0.3, -0.25) is 9.20 Å². The number of halogens is 3. The lowest BCUT2D eigenvalue weighted by Gasteiger charge is -2.32. The Morgan fingerprint density at radius 3 is 2.66 bits per heavy atom. The minimum absolute atomic E-state index is 0.127. The average molecular weight is 684 g/mol. The molecule has 4 heterocycles. The first-order valence-corrected chi connectivity index (χ1v) is 16.4. The molecule has 0 saturated carbocycles. The SMILES string of the molecule is COc1cccc2nc(C(=O)N(CC[C@@H]3CCCN3C(=O)OC(C)(C)C)C3COc4c3ccc(Cl)c4Cl)c(-c3ccc(C)c(F)c3)n12. The highest BCUT2D eigenvalue weighted by Gasteiger charge is 2.39. The number of hydrogen-bond acceptors (Lipinski definition) is 6. The van der Waals surface area contributed by atoms with Crippen LogP contribution in [0, 0.1) is 12.7 Å². The Kier molecular flexibility index (Phi) is 9.02. The summed E-state index contributed by atoms with van der Waals surface area (Å²) in [5.41, 5.74) is 2.02. The van der Waals surface area contributed by atoms with Gasteiger partial charge in [-0.05, 0) is 76.8 Å². The van der Waals surface area contributed by atoms with E-state index in [4.69, 9.17) is 42.4 Å². The van der Waals surface area contributed by atoms with Gasteiger partial charge in [-0.2, -0.15) is 0 Å². The van der Waals surface area contributed by atoms with Crippen LogP contribution in [0.5, 0.6) is 11.6 Å². The smallest absolute Gasteiger partial charge is 0.410 e. The summed E-state index contributed by atoms with van der Waals surface area (Å²) in [5.74, 6) is 0.0685. The van der Waals surface area contributed by atoms with Crippen LogP contribution < -0.4 is 9.47 Å². The topological polar surface area (TPSA) is 85.6 Å². The lowest BCUT2D eigenvalue weighted by molar-refractivity contribution is 0.0208. The Labute approximate surface area is 283 Å². The number of pyridine rings is 1. The van der Waals surface area contributed by atoms with Crippen molar-refractivity contribution in [3.8, 4) is 22.9 Å². The van der Waals surface area contributed by atoms with E-state index in [9.17, 15) is 14.0 Å². The first kappa shape index (κ1) is 32.9. The number of carbonyl (C=O) groups excluding carboxylic acids is 2. The van der Waals surface area contributed by atoms with E-state index < -0.39 is 17.5 Å². The number of imidazole rings is 1. The number of nitrogens with zero attached hydrogens (tertiary/aromatic N) is 4. The monoisotopic (exact) mass is 682 g/mol. The molecule has 2 aromatic heterocycles. The fraction of sp³-hybridized carbons (Fsp3) is 0.400. The van der Waals surface area contributed by atoms with Crippen molar-refractivity contribution in [2.75, 3.05) is 26.8 Å². The first-order chi connectivity index (χ1) is 22.4. The van der Waals surface area contributed by atoms with E-state index in [2.05, 4.69) is 0 Å². The van der Waals surface area contributed by atoms with E-state index in [1.54, 1.807) is 57.5 Å². The number of carbonyl (C=O) groups is 2. The van der Waals surface area contributed by atoms with Crippen LogP contribution in [0.4, 0.5) is 9.18 Å². The number of fused-ring (bicyclic) bond motifs is 2. The van der Waals surface area contributed by atoms with Gasteiger partial charge in [0, 0.05) is 30.3 Å². The average Bonchev–Trinajstić information content (AvgIpc) is 3.77. The molecule has 2 aliphatic rings. The maximum absolute atomic E-state index is 15.0. The molecule has 1 unspecified atom stereocenters. The molecule has 0 aliphatic carbocycles. The molecule has 1 fully saturated rings. The number of methoxy groups -OCH3 is 1. The summed E-state index contributed by atoms with van der Waals surface area (Å²) in [7, 11) is 1.53. The number of aromatic nitrogens is 2. The Morgan fingerprint density at radius 2 is 1.94 bits per heavy atom. The lowest BCUT2D eigenvalue weighted by Crippen LogP contribution is -2.43. The zero-order valence-corrected chi connectivity index (χ0v) is 28.5. The Morgan fingerprint density at radius 1 is 1.15 bits per heavy atom. The van der Waals surface area contributed by atoms with Crippen molar-refractivity contribution in [2.45, 2.75) is 64.6 Å². The fourth-order valence-electron chi connectivity index (χ4n) is 6.36. The summed E-state index contributed by atoms with van der Waals surface area (Å²) in [5, 5.41) is 0.623. The van der Waals surface area contributed by atoms with Crippen molar-refractivity contribution >= 4 is 40.8 Å². The summed E-state index contributed by atoms with van der Waals surface area (Å²) in [6.45, 7) is 8.19. The first-order valence-electron chi connectivity index (χ1n) is 15.6. The molecule has 0 N–H and O–H groups in total. The highest BCUT2D eigenvalue weighted by molar-refractivity contribution is 6.43. The molecule has 0 radical (unpaired) electrons. The van der Waals surface area contributed by atoms with Crippen molar-refractivity contribution in [1.82, 2.24) is 19.2 Å². The molecule has 2 atom stereocenters. The summed E-state index contributed by atoms with van der Waals surface area (Å²) < 4.78 is 34.1. The van der Waals surface area contributed by atoms with Gasteiger partial charge in [-0.25, -0.2) is 14.2 Å². The van der Waals surface area contributed by atoms with E-state index in [0.29, 0.717) is 57.6 Å². The van der Waals surface area contributed by atoms with Gasteiger partial charge in [-0.15, -0.1) is 0 Å². The highest BCUT2D eigenvalue weighted by Crippen LogP contribution is 2.45. The maximum atomic E-state index is 15.0. The molecule has 12 heteroatoms. The molecule has 2 aromatic carbocycles. The molecule has 2 aliphatic heterocycles. The summed E-state index contributed by atoms with van der Waals surface area (Å²) in [4.78, 5) is 36.3. The van der Waals surface area contributed by atoms with Gasteiger partial charge in [0.15, 0.2) is 11.6 Å². The predicted octanol–water partition coefficient (Wildman–Crippen LogP) is 8.13. The van der Waals surface area contributed by atoms with Crippen molar-refractivity contribution in [1.29, 1.82) is 0 Å². The molecule has 248 valence electrons. The Balaban J connectivity index is 1.43. The zero-order valence-electron chi connectivity index (χ0n) is 27.0. The normalized spacial score (nSPS) is 17.5. The minimum atomic E-state index is -0.631. The van der Waals surface area contributed by atoms with Crippen LogP contribution in [-0.2, 0) is 4.74 Å². The Hall–Kier alpha value is -4.02. The van der Waals surface area contributed by atoms with Gasteiger partial charge in [-0.1, -0.05) is 47.5 Å². The summed E-state index contributed by atoms with van der Waals surface area (Å²) >= 11 is 12.8. The van der Waals surface area contributed by atoms with Crippen molar-refractivity contribution in [2.24, 2.45) is 0 Å². The number of ether oxygens (including phenoxy) is 3. The van der Waals surface area contributed by atoms with E-state index in [0.717, 1.165) is 12.8 Å². The second-order valence-electron chi connectivity index (χ2n) is 12.9. The molecule has 1 saturated heterocycles. The van der Waals surface area contributed by atoms with Crippen LogP contribution in [0.1, 0.15) is 67.7 Å². The van der Waals surface area contributed by atoms with E-state index >= 15 is 0 Å². The van der Waals surface area contributed by atoms with Crippen LogP contribution in [0.3, 0.4) is 0 Å². The molecule has 4 aromatic rings. The van der Waals surface area contributed by atoms with Crippen molar-refractivity contribution in [3.63, 3.8) is 0 Å². The van der Waals surface area contributed by atoms with Gasteiger partial charge in [0.25, 0.3) is 5.91 Å². The molecule has 2 amide bonds. The van der Waals surface area contributed by atoms with Crippen molar-refractivity contribution in [3.05, 3.63) is 81.2 Å². The van der Waals surface area contributed by atoms with Crippen LogP contribution in [-0.4, -0.2) is 69.6 Å². The standard InChI is InChI=1S/C35H37Cl2FN4O5/c1-20-11-12-21(18-25(20)38)31-30(39-27-9-6-10-28(45-5)42(27)31)33(43)41(26-19-46-32-23(26)13-14-24(36)29(32)37)17-15-22-8-7-16-40(22)34(44)47-35(2,3)4/h6,9-14,18,22,26H,7-8,15-17,19H2,1-5H3/t22-,26?/m0/s1. The highest BCUT2D eigenvalue weighted by atomic mass is 35.5. The molecule has 0 spiro atoms. The molecular weight excluding hydrogens is 646 g/mol. The third kappa shape index (κ3) is 6.33. The quantitative estimate of drug-likeness (QED) is 0.196. The molecule has 9 nitrogen and oxygen atoms in total. The lowest BCUT2D eigenvalue weighted by atomic mass is 10.0. The number of hydrogen-bond donors (Lipinski definition) is 0. The second kappa shape index (κ2) is 12.9. The van der Waals surface area contributed by atoms with E-state index in [1.807, 2.05) is 26.8 Å². The second-order valence-corrected chi connectivity index (χ2v) is 13.7. The third-order valence-corrected chi connectivity index (χ3v) is 9.42. The number of rotatable bonds is 7. The predicted molar refractivity (Wildman–Crippen MR) is 178 cm³/mol. The number of likely N-dealkylation sites (tertiary alicyclic amines) is 1. The molecule has 0 bridgehead atoms. The largest absolute Gasteiger partial charge is 0.489 e. The zero-order chi connectivity index (χ0) is 33.6. The minimum Gasteiger partial charge on any atom is -0.489 e. The fourth-order valence-corrected chi connectivity index (χ4v) is 6.74. The van der Waals surface area contributed by atoms with Crippen LogP contribution in [0.25, 0.3) is 16.9 Å². The van der Waals surface area contributed by atoms with Crippen LogP contribution in [0.2, 0.25) is 10.0 Å². The summed E-state index contributed by atoms with van der Waals surface area (Å²) in [6, 6.07) is 13.0.